The lowest BCUT2D eigenvalue weighted by Gasteiger charge is -2.15. The van der Waals surface area contributed by atoms with Gasteiger partial charge in [0.05, 0.1) is 16.3 Å². The second-order valence-electron chi connectivity index (χ2n) is 4.03. The molecule has 3 atom stereocenters. The summed E-state index contributed by atoms with van der Waals surface area (Å²) in [7, 11) is 1.51. The summed E-state index contributed by atoms with van der Waals surface area (Å²) in [6.45, 7) is 0.257. The maximum atomic E-state index is 11.7. The molecule has 1 aliphatic rings. The zero-order valence-corrected chi connectivity index (χ0v) is 11.8. The maximum absolute atomic E-state index is 11.7. The molecule has 1 aliphatic heterocycles. The van der Waals surface area contributed by atoms with Crippen LogP contribution in [-0.4, -0.2) is 40.6 Å². The number of aliphatic hydroxyl groups excluding tert-OH is 1. The molecule has 0 aliphatic carbocycles. The highest BCUT2D eigenvalue weighted by Gasteiger charge is 2.35. The zero-order chi connectivity index (χ0) is 13.3. The van der Waals surface area contributed by atoms with Gasteiger partial charge in [0.2, 0.25) is 0 Å². The Morgan fingerprint density at radius 1 is 1.67 bits per heavy atom. The third-order valence-corrected chi connectivity index (χ3v) is 3.54. The molecular weight excluding hydrogens is 355 g/mol. The van der Waals surface area contributed by atoms with Gasteiger partial charge in [0.15, 0.2) is 0 Å². The number of nitrogens with zero attached hydrogens (tertiary/aromatic N) is 1. The molecule has 0 bridgehead atoms. The van der Waals surface area contributed by atoms with Gasteiger partial charge in [-0.25, -0.2) is 4.79 Å². The fraction of sp³-hybridized carbons (Fsp3) is 0.600. The number of ether oxygens (including phenoxy) is 2. The Kier molecular flexibility index (Phi) is 4.20. The first-order valence-corrected chi connectivity index (χ1v) is 6.44. The van der Waals surface area contributed by atoms with Crippen molar-refractivity contribution >= 4 is 22.6 Å². The summed E-state index contributed by atoms with van der Waals surface area (Å²) < 4.78 is 12.1. The smallest absolute Gasteiger partial charge is 0.330 e. The first kappa shape index (κ1) is 13.7. The van der Waals surface area contributed by atoms with Crippen molar-refractivity contribution in [3.63, 3.8) is 0 Å². The third kappa shape index (κ3) is 2.66. The van der Waals surface area contributed by atoms with E-state index in [1.165, 1.54) is 17.9 Å². The molecule has 1 aromatic heterocycles. The molecule has 0 amide bonds. The van der Waals surface area contributed by atoms with E-state index >= 15 is 0 Å². The highest BCUT2D eigenvalue weighted by Crippen LogP contribution is 2.27. The molecule has 1 saturated heterocycles. The number of hydrogen-bond donors (Lipinski definition) is 2. The largest absolute Gasteiger partial charge is 0.390 e. The van der Waals surface area contributed by atoms with Crippen molar-refractivity contribution in [1.82, 2.24) is 9.55 Å². The van der Waals surface area contributed by atoms with Crippen LogP contribution in [0.1, 0.15) is 12.6 Å². The van der Waals surface area contributed by atoms with Crippen LogP contribution in [0.3, 0.4) is 0 Å². The van der Waals surface area contributed by atoms with Crippen LogP contribution in [0.2, 0.25) is 0 Å². The van der Waals surface area contributed by atoms with Gasteiger partial charge in [0, 0.05) is 19.7 Å². The van der Waals surface area contributed by atoms with Crippen molar-refractivity contribution in [3.05, 3.63) is 30.6 Å². The van der Waals surface area contributed by atoms with Gasteiger partial charge in [-0.3, -0.25) is 14.3 Å². The standard InChI is InChI=1S/C10H13IN2O5/c1-17-4-7-6(14)2-8(18-7)13-3-5(11)9(15)12-10(13)16/h3,6-8,14H,2,4H2,1H3,(H,12,15,16). The molecule has 0 saturated carbocycles. The number of aromatic nitrogens is 2. The molecular formula is C10H13IN2O5. The molecule has 18 heavy (non-hydrogen) atoms. The molecule has 0 spiro atoms. The first-order chi connectivity index (χ1) is 8.52. The molecule has 2 heterocycles. The number of halogens is 1. The van der Waals surface area contributed by atoms with Gasteiger partial charge in [-0.2, -0.15) is 0 Å². The second kappa shape index (κ2) is 5.51. The topological polar surface area (TPSA) is 93.5 Å². The van der Waals surface area contributed by atoms with E-state index in [1.807, 2.05) is 22.6 Å². The van der Waals surface area contributed by atoms with Gasteiger partial charge >= 0.3 is 5.69 Å². The van der Waals surface area contributed by atoms with Crippen molar-refractivity contribution in [3.8, 4) is 0 Å². The van der Waals surface area contributed by atoms with E-state index in [4.69, 9.17) is 9.47 Å². The lowest BCUT2D eigenvalue weighted by atomic mass is 10.2. The van der Waals surface area contributed by atoms with Crippen molar-refractivity contribution in [2.75, 3.05) is 13.7 Å². The molecule has 3 unspecified atom stereocenters. The van der Waals surface area contributed by atoms with Gasteiger partial charge in [-0.05, 0) is 22.6 Å². The average Bonchev–Trinajstić information content (AvgIpc) is 2.66. The Morgan fingerprint density at radius 3 is 3.06 bits per heavy atom. The summed E-state index contributed by atoms with van der Waals surface area (Å²) in [5, 5.41) is 9.77. The van der Waals surface area contributed by atoms with Gasteiger partial charge in [0.25, 0.3) is 5.56 Å². The molecule has 0 radical (unpaired) electrons. The van der Waals surface area contributed by atoms with E-state index in [9.17, 15) is 14.7 Å². The number of hydrogen-bond acceptors (Lipinski definition) is 5. The van der Waals surface area contributed by atoms with Crippen LogP contribution < -0.4 is 11.2 Å². The van der Waals surface area contributed by atoms with E-state index in [0.29, 0.717) is 3.57 Å². The van der Waals surface area contributed by atoms with Crippen LogP contribution in [0.4, 0.5) is 0 Å². The fourth-order valence-electron chi connectivity index (χ4n) is 1.87. The number of rotatable bonds is 3. The number of H-pyrrole nitrogens is 1. The Labute approximate surface area is 116 Å². The minimum absolute atomic E-state index is 0.257. The molecule has 1 aromatic rings. The minimum Gasteiger partial charge on any atom is -0.390 e. The number of nitrogens with one attached hydrogen (secondary N) is 1. The van der Waals surface area contributed by atoms with Gasteiger partial charge in [0.1, 0.15) is 12.3 Å². The summed E-state index contributed by atoms with van der Waals surface area (Å²) in [6, 6.07) is 0. The van der Waals surface area contributed by atoms with Crippen LogP contribution in [0.25, 0.3) is 0 Å². The Bertz CT molecular complexity index is 540. The molecule has 2 rings (SSSR count). The number of aromatic amines is 1. The van der Waals surface area contributed by atoms with Crippen LogP contribution in [0.15, 0.2) is 15.8 Å². The van der Waals surface area contributed by atoms with Gasteiger partial charge in [-0.1, -0.05) is 0 Å². The summed E-state index contributed by atoms with van der Waals surface area (Å²) in [5.74, 6) is 0. The number of aliphatic hydroxyl groups is 1. The molecule has 1 fully saturated rings. The van der Waals surface area contributed by atoms with E-state index < -0.39 is 29.7 Å². The number of methoxy groups -OCH3 is 1. The fourth-order valence-corrected chi connectivity index (χ4v) is 2.31. The predicted octanol–water partition coefficient (Wildman–Crippen LogP) is -0.564. The molecule has 0 aromatic carbocycles. The quantitative estimate of drug-likeness (QED) is 0.698. The van der Waals surface area contributed by atoms with Crippen molar-refractivity contribution in [2.45, 2.75) is 24.9 Å². The minimum atomic E-state index is -0.688. The summed E-state index contributed by atoms with van der Waals surface area (Å²) >= 11 is 1.83. The van der Waals surface area contributed by atoms with Crippen LogP contribution in [-0.2, 0) is 9.47 Å². The van der Waals surface area contributed by atoms with Gasteiger partial charge < -0.3 is 14.6 Å². The normalized spacial score (nSPS) is 27.6. The summed E-state index contributed by atoms with van der Waals surface area (Å²) in [5.41, 5.74) is -0.973. The lowest BCUT2D eigenvalue weighted by Crippen LogP contribution is -2.33. The molecule has 7 nitrogen and oxygen atoms in total. The SMILES string of the molecule is COCC1OC(n2cc(I)c(=O)[nH]c2=O)CC1O. The van der Waals surface area contributed by atoms with E-state index in [1.54, 1.807) is 0 Å². The average molecular weight is 368 g/mol. The van der Waals surface area contributed by atoms with E-state index in [2.05, 4.69) is 4.98 Å². The van der Waals surface area contributed by atoms with Crippen molar-refractivity contribution in [1.29, 1.82) is 0 Å². The highest BCUT2D eigenvalue weighted by atomic mass is 127. The molecule has 100 valence electrons. The van der Waals surface area contributed by atoms with Crippen LogP contribution >= 0.6 is 22.6 Å². The third-order valence-electron chi connectivity index (χ3n) is 2.77. The lowest BCUT2D eigenvalue weighted by molar-refractivity contribution is -0.0547. The zero-order valence-electron chi connectivity index (χ0n) is 9.63. The van der Waals surface area contributed by atoms with Crippen molar-refractivity contribution in [2.24, 2.45) is 0 Å². The van der Waals surface area contributed by atoms with Crippen LogP contribution in [0, 0.1) is 3.57 Å². The summed E-state index contributed by atoms with van der Waals surface area (Å²) in [6.07, 6.45) is -0.0226. The molecule has 8 heteroatoms. The predicted molar refractivity (Wildman–Crippen MR) is 70.4 cm³/mol. The summed E-state index contributed by atoms with van der Waals surface area (Å²) in [4.78, 5) is 25.1. The Hall–Kier alpha value is -0.710. The van der Waals surface area contributed by atoms with Crippen LogP contribution in [0.5, 0.6) is 0 Å². The van der Waals surface area contributed by atoms with Crippen molar-refractivity contribution < 1.29 is 14.6 Å². The van der Waals surface area contributed by atoms with E-state index in [-0.39, 0.29) is 13.0 Å². The Balaban J connectivity index is 2.26. The maximum Gasteiger partial charge on any atom is 0.330 e. The Morgan fingerprint density at radius 2 is 2.39 bits per heavy atom. The molecule has 2 N–H and O–H groups in total. The monoisotopic (exact) mass is 368 g/mol. The highest BCUT2D eigenvalue weighted by molar-refractivity contribution is 14.1. The van der Waals surface area contributed by atoms with Gasteiger partial charge in [-0.15, -0.1) is 0 Å². The first-order valence-electron chi connectivity index (χ1n) is 5.36. The second-order valence-corrected chi connectivity index (χ2v) is 5.19. The van der Waals surface area contributed by atoms with E-state index in [0.717, 1.165) is 0 Å².